The van der Waals surface area contributed by atoms with E-state index in [0.717, 1.165) is 23.3 Å². The maximum Gasteiger partial charge on any atom is 0.312 e. The van der Waals surface area contributed by atoms with E-state index < -0.39 is 11.9 Å². The Morgan fingerprint density at radius 2 is 2.24 bits per heavy atom. The zero-order valence-electron chi connectivity index (χ0n) is 10.3. The number of pyridine rings is 1. The Hall–Kier alpha value is -1.84. The SMILES string of the molecule is CCc1nc(C(C)C(=O)O)c2ccc(C)cn12. The minimum atomic E-state index is -0.840. The molecule has 2 aromatic heterocycles. The lowest BCUT2D eigenvalue weighted by atomic mass is 10.1. The quantitative estimate of drug-likeness (QED) is 0.884. The average molecular weight is 232 g/mol. The molecule has 2 heterocycles. The van der Waals surface area contributed by atoms with E-state index in [-0.39, 0.29) is 0 Å². The van der Waals surface area contributed by atoms with E-state index in [0.29, 0.717) is 5.69 Å². The van der Waals surface area contributed by atoms with E-state index in [1.807, 2.05) is 36.6 Å². The maximum absolute atomic E-state index is 11.1. The van der Waals surface area contributed by atoms with Gasteiger partial charge in [-0.15, -0.1) is 0 Å². The van der Waals surface area contributed by atoms with Crippen LogP contribution in [0.25, 0.3) is 5.52 Å². The molecule has 0 aliphatic rings. The van der Waals surface area contributed by atoms with E-state index in [2.05, 4.69) is 4.98 Å². The van der Waals surface area contributed by atoms with Crippen LogP contribution in [-0.4, -0.2) is 20.5 Å². The molecule has 0 spiro atoms. The molecular weight excluding hydrogens is 216 g/mol. The standard InChI is InChI=1S/C13H16N2O2/c1-4-11-14-12(9(3)13(16)17)10-6-5-8(2)7-15(10)11/h5-7,9H,4H2,1-3H3,(H,16,17). The molecule has 1 unspecified atom stereocenters. The van der Waals surface area contributed by atoms with Crippen LogP contribution in [0.1, 0.15) is 36.8 Å². The van der Waals surface area contributed by atoms with Crippen LogP contribution in [0, 0.1) is 6.92 Å². The van der Waals surface area contributed by atoms with Gasteiger partial charge in [0.15, 0.2) is 0 Å². The summed E-state index contributed by atoms with van der Waals surface area (Å²) in [4.78, 5) is 15.5. The Morgan fingerprint density at radius 3 is 2.82 bits per heavy atom. The predicted molar refractivity (Wildman–Crippen MR) is 65.4 cm³/mol. The molecule has 0 saturated heterocycles. The van der Waals surface area contributed by atoms with Crippen molar-refractivity contribution in [2.75, 3.05) is 0 Å². The van der Waals surface area contributed by atoms with Crippen molar-refractivity contribution in [2.24, 2.45) is 0 Å². The van der Waals surface area contributed by atoms with Gasteiger partial charge in [0.25, 0.3) is 0 Å². The molecule has 0 aliphatic heterocycles. The molecular formula is C13H16N2O2. The molecule has 17 heavy (non-hydrogen) atoms. The maximum atomic E-state index is 11.1. The lowest BCUT2D eigenvalue weighted by molar-refractivity contribution is -0.138. The first-order chi connectivity index (χ1) is 8.04. The first kappa shape index (κ1) is 11.6. The highest BCUT2D eigenvalue weighted by atomic mass is 16.4. The number of imidazole rings is 1. The minimum Gasteiger partial charge on any atom is -0.481 e. The fourth-order valence-corrected chi connectivity index (χ4v) is 1.96. The highest BCUT2D eigenvalue weighted by Crippen LogP contribution is 2.22. The molecule has 0 bridgehead atoms. The smallest absolute Gasteiger partial charge is 0.312 e. The number of hydrogen-bond donors (Lipinski definition) is 1. The lowest BCUT2D eigenvalue weighted by Crippen LogP contribution is -2.08. The normalized spacial score (nSPS) is 12.9. The number of carboxylic acid groups (broad SMARTS) is 1. The Bertz CT molecular complexity index is 572. The van der Waals surface area contributed by atoms with Crippen molar-refractivity contribution >= 4 is 11.5 Å². The molecule has 0 fully saturated rings. The van der Waals surface area contributed by atoms with Gasteiger partial charge in [-0.05, 0) is 25.5 Å². The molecule has 1 N–H and O–H groups in total. The van der Waals surface area contributed by atoms with E-state index in [4.69, 9.17) is 5.11 Å². The van der Waals surface area contributed by atoms with Crippen LogP contribution in [0.4, 0.5) is 0 Å². The van der Waals surface area contributed by atoms with Gasteiger partial charge in [0.05, 0.1) is 17.1 Å². The van der Waals surface area contributed by atoms with E-state index in [1.165, 1.54) is 0 Å². The van der Waals surface area contributed by atoms with Crippen molar-refractivity contribution in [3.8, 4) is 0 Å². The molecule has 2 aromatic rings. The van der Waals surface area contributed by atoms with E-state index in [1.54, 1.807) is 6.92 Å². The number of aryl methyl sites for hydroxylation is 2. The van der Waals surface area contributed by atoms with Crippen molar-refractivity contribution in [3.63, 3.8) is 0 Å². The van der Waals surface area contributed by atoms with Gasteiger partial charge in [-0.2, -0.15) is 0 Å². The van der Waals surface area contributed by atoms with Crippen molar-refractivity contribution in [1.29, 1.82) is 0 Å². The number of nitrogens with zero attached hydrogens (tertiary/aromatic N) is 2. The number of rotatable bonds is 3. The molecule has 0 radical (unpaired) electrons. The zero-order valence-corrected chi connectivity index (χ0v) is 10.3. The molecule has 0 saturated carbocycles. The van der Waals surface area contributed by atoms with E-state index in [9.17, 15) is 4.79 Å². The van der Waals surface area contributed by atoms with Crippen LogP contribution in [0.2, 0.25) is 0 Å². The minimum absolute atomic E-state index is 0.576. The van der Waals surface area contributed by atoms with Crippen LogP contribution in [-0.2, 0) is 11.2 Å². The molecule has 2 rings (SSSR count). The largest absolute Gasteiger partial charge is 0.481 e. The number of hydrogen-bond acceptors (Lipinski definition) is 2. The molecule has 0 aromatic carbocycles. The molecule has 4 nitrogen and oxygen atoms in total. The number of aliphatic carboxylic acids is 1. The third kappa shape index (κ3) is 1.90. The van der Waals surface area contributed by atoms with Gasteiger partial charge >= 0.3 is 5.97 Å². The van der Waals surface area contributed by atoms with Crippen LogP contribution in [0.5, 0.6) is 0 Å². The van der Waals surface area contributed by atoms with Gasteiger partial charge in [-0.1, -0.05) is 13.0 Å². The Balaban J connectivity index is 2.69. The van der Waals surface area contributed by atoms with Gasteiger partial charge in [-0.3, -0.25) is 4.79 Å². The van der Waals surface area contributed by atoms with Gasteiger partial charge in [0.2, 0.25) is 0 Å². The molecule has 90 valence electrons. The fourth-order valence-electron chi connectivity index (χ4n) is 1.96. The Morgan fingerprint density at radius 1 is 1.53 bits per heavy atom. The monoisotopic (exact) mass is 232 g/mol. The highest BCUT2D eigenvalue weighted by molar-refractivity contribution is 5.78. The van der Waals surface area contributed by atoms with Gasteiger partial charge in [0.1, 0.15) is 5.82 Å². The van der Waals surface area contributed by atoms with Crippen LogP contribution < -0.4 is 0 Å². The molecule has 0 amide bonds. The molecule has 1 atom stereocenters. The summed E-state index contributed by atoms with van der Waals surface area (Å²) in [5, 5.41) is 9.08. The molecule has 0 aliphatic carbocycles. The fraction of sp³-hybridized carbons (Fsp3) is 0.385. The van der Waals surface area contributed by atoms with E-state index >= 15 is 0 Å². The zero-order chi connectivity index (χ0) is 12.6. The molecule has 4 heteroatoms. The number of carboxylic acids is 1. The summed E-state index contributed by atoms with van der Waals surface area (Å²) in [6.07, 6.45) is 2.79. The van der Waals surface area contributed by atoms with Gasteiger partial charge < -0.3 is 9.51 Å². The van der Waals surface area contributed by atoms with Crippen molar-refractivity contribution in [1.82, 2.24) is 9.38 Å². The van der Waals surface area contributed by atoms with Crippen LogP contribution in [0.3, 0.4) is 0 Å². The first-order valence-electron chi connectivity index (χ1n) is 5.75. The predicted octanol–water partition coefficient (Wildman–Crippen LogP) is 2.39. The highest BCUT2D eigenvalue weighted by Gasteiger charge is 2.21. The Kier molecular flexibility index (Phi) is 2.88. The first-order valence-corrected chi connectivity index (χ1v) is 5.75. The second-order valence-corrected chi connectivity index (χ2v) is 4.29. The van der Waals surface area contributed by atoms with Crippen LogP contribution >= 0.6 is 0 Å². The summed E-state index contributed by atoms with van der Waals surface area (Å²) >= 11 is 0. The van der Waals surface area contributed by atoms with Gasteiger partial charge in [-0.25, -0.2) is 4.98 Å². The average Bonchev–Trinajstić information content (AvgIpc) is 2.65. The van der Waals surface area contributed by atoms with Crippen molar-refractivity contribution in [2.45, 2.75) is 33.1 Å². The summed E-state index contributed by atoms with van der Waals surface area (Å²) in [6.45, 7) is 5.70. The summed E-state index contributed by atoms with van der Waals surface area (Å²) in [7, 11) is 0. The topological polar surface area (TPSA) is 54.6 Å². The summed E-state index contributed by atoms with van der Waals surface area (Å²) < 4.78 is 1.99. The van der Waals surface area contributed by atoms with Crippen molar-refractivity contribution < 1.29 is 9.90 Å². The third-order valence-electron chi connectivity index (χ3n) is 2.98. The second-order valence-electron chi connectivity index (χ2n) is 4.29. The summed E-state index contributed by atoms with van der Waals surface area (Å²) in [5.74, 6) is -0.506. The number of carbonyl (C=O) groups is 1. The summed E-state index contributed by atoms with van der Waals surface area (Å²) in [6, 6.07) is 3.92. The number of fused-ring (bicyclic) bond motifs is 1. The number of aromatic nitrogens is 2. The second kappa shape index (κ2) is 4.20. The Labute approximate surface area is 99.9 Å². The van der Waals surface area contributed by atoms with Crippen molar-refractivity contribution in [3.05, 3.63) is 35.4 Å². The van der Waals surface area contributed by atoms with Gasteiger partial charge in [0, 0.05) is 12.6 Å². The summed E-state index contributed by atoms with van der Waals surface area (Å²) in [5.41, 5.74) is 2.68. The lowest BCUT2D eigenvalue weighted by Gasteiger charge is -2.03. The third-order valence-corrected chi connectivity index (χ3v) is 2.98. The van der Waals surface area contributed by atoms with Crippen LogP contribution in [0.15, 0.2) is 18.3 Å².